The number of aryl methyl sites for hydroxylation is 1. The van der Waals surface area contributed by atoms with E-state index in [4.69, 9.17) is 9.84 Å². The number of amides is 2. The molecular weight excluding hydrogens is 424 g/mol. The molecule has 0 aliphatic heterocycles. The van der Waals surface area contributed by atoms with Crippen molar-refractivity contribution in [2.45, 2.75) is 12.3 Å². The number of aliphatic carboxylic acids is 1. The normalized spacial score (nSPS) is 12.1. The highest BCUT2D eigenvalue weighted by molar-refractivity contribution is 6.01. The molecule has 1 aliphatic carbocycles. The van der Waals surface area contributed by atoms with Gasteiger partial charge >= 0.3 is 12.1 Å². The zero-order chi connectivity index (χ0) is 23.5. The van der Waals surface area contributed by atoms with E-state index in [9.17, 15) is 14.4 Å². The van der Waals surface area contributed by atoms with Gasteiger partial charge in [0, 0.05) is 32.8 Å². The Kier molecular flexibility index (Phi) is 6.12. The Labute approximate surface area is 190 Å². The molecule has 1 aliphatic rings. The fraction of sp³-hybridized carbons (Fsp3) is 0.250. The van der Waals surface area contributed by atoms with Crippen molar-refractivity contribution in [2.24, 2.45) is 7.05 Å². The Balaban J connectivity index is 1.44. The predicted octanol–water partition coefficient (Wildman–Crippen LogP) is 3.33. The third-order valence-corrected chi connectivity index (χ3v) is 5.63. The summed E-state index contributed by atoms with van der Waals surface area (Å²) in [6, 6.07) is 16.1. The van der Waals surface area contributed by atoms with Crippen LogP contribution in [0.4, 0.5) is 10.6 Å². The Morgan fingerprint density at radius 1 is 1.09 bits per heavy atom. The quantitative estimate of drug-likeness (QED) is 0.573. The van der Waals surface area contributed by atoms with Crippen molar-refractivity contribution < 1.29 is 24.2 Å². The van der Waals surface area contributed by atoms with E-state index in [-0.39, 0.29) is 36.9 Å². The van der Waals surface area contributed by atoms with Crippen molar-refractivity contribution in [1.29, 1.82) is 0 Å². The zero-order valence-corrected chi connectivity index (χ0v) is 18.3. The van der Waals surface area contributed by atoms with E-state index in [0.717, 1.165) is 22.3 Å². The molecule has 9 heteroatoms. The summed E-state index contributed by atoms with van der Waals surface area (Å²) >= 11 is 0. The molecule has 0 unspecified atom stereocenters. The second-order valence-electron chi connectivity index (χ2n) is 7.89. The fourth-order valence-corrected chi connectivity index (χ4v) is 4.04. The van der Waals surface area contributed by atoms with E-state index in [1.54, 1.807) is 7.05 Å². The summed E-state index contributed by atoms with van der Waals surface area (Å²) in [6.45, 7) is 0.169. The molecule has 0 spiro atoms. The number of aromatic nitrogens is 2. The summed E-state index contributed by atoms with van der Waals surface area (Å²) < 4.78 is 6.93. The van der Waals surface area contributed by atoms with Crippen LogP contribution in [-0.4, -0.2) is 58.0 Å². The number of carboxylic acid groups (broad SMARTS) is 1. The second kappa shape index (κ2) is 9.15. The number of ether oxygens (including phenoxy) is 1. The number of anilines is 1. The first-order valence-corrected chi connectivity index (χ1v) is 10.5. The van der Waals surface area contributed by atoms with Crippen LogP contribution in [0.25, 0.3) is 11.1 Å². The third-order valence-electron chi connectivity index (χ3n) is 5.63. The average molecular weight is 448 g/mol. The third kappa shape index (κ3) is 4.57. The molecular formula is C24H24N4O5. The highest BCUT2D eigenvalue weighted by Gasteiger charge is 2.29. The van der Waals surface area contributed by atoms with Crippen molar-refractivity contribution in [3.05, 3.63) is 71.4 Å². The summed E-state index contributed by atoms with van der Waals surface area (Å²) in [5.74, 6) is -1.48. The lowest BCUT2D eigenvalue weighted by atomic mass is 9.98. The van der Waals surface area contributed by atoms with Crippen LogP contribution < -0.4 is 5.32 Å². The van der Waals surface area contributed by atoms with E-state index >= 15 is 0 Å². The number of carbonyl (C=O) groups excluding carboxylic acids is 2. The van der Waals surface area contributed by atoms with Gasteiger partial charge in [-0.1, -0.05) is 48.5 Å². The van der Waals surface area contributed by atoms with Crippen molar-refractivity contribution >= 4 is 23.8 Å². The number of nitrogens with one attached hydrogen (secondary N) is 1. The van der Waals surface area contributed by atoms with Crippen molar-refractivity contribution in [3.8, 4) is 11.1 Å². The maximum Gasteiger partial charge on any atom is 0.412 e. The topological polar surface area (TPSA) is 114 Å². The van der Waals surface area contributed by atoms with Gasteiger partial charge < -0.3 is 14.7 Å². The molecule has 0 fully saturated rings. The minimum absolute atomic E-state index is 0.0352. The molecule has 0 atom stereocenters. The van der Waals surface area contributed by atoms with Crippen LogP contribution in [0, 0.1) is 0 Å². The Morgan fingerprint density at radius 3 is 2.30 bits per heavy atom. The summed E-state index contributed by atoms with van der Waals surface area (Å²) in [4.78, 5) is 37.3. The number of carboxylic acids is 1. The monoisotopic (exact) mass is 448 g/mol. The van der Waals surface area contributed by atoms with Gasteiger partial charge in [-0.05, 0) is 22.3 Å². The molecule has 0 bridgehead atoms. The Morgan fingerprint density at radius 2 is 1.70 bits per heavy atom. The van der Waals surface area contributed by atoms with Crippen LogP contribution in [0.1, 0.15) is 33.8 Å². The van der Waals surface area contributed by atoms with Gasteiger partial charge in [-0.25, -0.2) is 4.79 Å². The number of hydrogen-bond acceptors (Lipinski definition) is 5. The van der Waals surface area contributed by atoms with E-state index < -0.39 is 18.0 Å². The van der Waals surface area contributed by atoms with Crippen molar-refractivity contribution in [3.63, 3.8) is 0 Å². The largest absolute Gasteiger partial charge is 0.481 e. The predicted molar refractivity (Wildman–Crippen MR) is 121 cm³/mol. The first kappa shape index (κ1) is 22.1. The molecule has 0 saturated heterocycles. The van der Waals surface area contributed by atoms with Gasteiger partial charge in [-0.2, -0.15) is 5.10 Å². The number of nitrogens with zero attached hydrogens (tertiary/aromatic N) is 3. The van der Waals surface area contributed by atoms with Crippen molar-refractivity contribution in [2.75, 3.05) is 25.5 Å². The highest BCUT2D eigenvalue weighted by Crippen LogP contribution is 2.44. The lowest BCUT2D eigenvalue weighted by molar-refractivity contribution is -0.137. The minimum atomic E-state index is -1.00. The van der Waals surface area contributed by atoms with Gasteiger partial charge in [0.25, 0.3) is 5.91 Å². The van der Waals surface area contributed by atoms with Crippen LogP contribution in [0.2, 0.25) is 0 Å². The molecule has 4 rings (SSSR count). The van der Waals surface area contributed by atoms with Gasteiger partial charge in [0.2, 0.25) is 0 Å². The van der Waals surface area contributed by atoms with E-state index in [1.165, 1.54) is 22.8 Å². The van der Waals surface area contributed by atoms with Crippen molar-refractivity contribution in [1.82, 2.24) is 14.7 Å². The first-order chi connectivity index (χ1) is 15.8. The molecule has 1 aromatic heterocycles. The highest BCUT2D eigenvalue weighted by atomic mass is 16.5. The number of rotatable bonds is 7. The summed E-state index contributed by atoms with van der Waals surface area (Å²) in [7, 11) is 3.12. The number of carbonyl (C=O) groups is 3. The molecule has 9 nitrogen and oxygen atoms in total. The SMILES string of the molecule is CN(CCC(=O)O)C(=O)c1cn(C)nc1NC(=O)OCC1c2ccccc2-c2ccccc21. The van der Waals surface area contributed by atoms with Gasteiger partial charge in [-0.3, -0.25) is 19.6 Å². The van der Waals surface area contributed by atoms with Gasteiger partial charge in [0.05, 0.1) is 6.42 Å². The zero-order valence-electron chi connectivity index (χ0n) is 18.3. The Bertz CT molecular complexity index is 1170. The van der Waals surface area contributed by atoms with E-state index in [0.29, 0.717) is 0 Å². The average Bonchev–Trinajstić information content (AvgIpc) is 3.32. The van der Waals surface area contributed by atoms with Gasteiger partial charge in [0.1, 0.15) is 12.2 Å². The maximum atomic E-state index is 12.7. The molecule has 0 saturated carbocycles. The lowest BCUT2D eigenvalue weighted by Crippen LogP contribution is -2.29. The lowest BCUT2D eigenvalue weighted by Gasteiger charge is -2.16. The number of benzene rings is 2. The summed E-state index contributed by atoms with van der Waals surface area (Å²) in [6.07, 6.45) is 0.564. The second-order valence-corrected chi connectivity index (χ2v) is 7.89. The maximum absolute atomic E-state index is 12.7. The molecule has 2 aromatic carbocycles. The molecule has 170 valence electrons. The molecule has 33 heavy (non-hydrogen) atoms. The van der Waals surface area contributed by atoms with E-state index in [1.807, 2.05) is 36.4 Å². The van der Waals surface area contributed by atoms with Crippen LogP contribution in [0.3, 0.4) is 0 Å². The van der Waals surface area contributed by atoms with Crippen LogP contribution in [-0.2, 0) is 16.6 Å². The summed E-state index contributed by atoms with van der Waals surface area (Å²) in [5, 5.41) is 15.5. The molecule has 3 aromatic rings. The minimum Gasteiger partial charge on any atom is -0.481 e. The summed E-state index contributed by atoms with van der Waals surface area (Å²) in [5.41, 5.74) is 4.60. The van der Waals surface area contributed by atoms with Gasteiger partial charge in [0.15, 0.2) is 5.82 Å². The number of fused-ring (bicyclic) bond motifs is 3. The molecule has 0 radical (unpaired) electrons. The van der Waals surface area contributed by atoms with Crippen LogP contribution in [0.5, 0.6) is 0 Å². The molecule has 2 amide bonds. The first-order valence-electron chi connectivity index (χ1n) is 10.5. The number of hydrogen-bond donors (Lipinski definition) is 2. The Hall–Kier alpha value is -4.14. The van der Waals surface area contributed by atoms with Gasteiger partial charge in [-0.15, -0.1) is 0 Å². The fourth-order valence-electron chi connectivity index (χ4n) is 4.04. The van der Waals surface area contributed by atoms with Crippen LogP contribution in [0.15, 0.2) is 54.7 Å². The smallest absolute Gasteiger partial charge is 0.412 e. The van der Waals surface area contributed by atoms with E-state index in [2.05, 4.69) is 22.5 Å². The standard InChI is InChI=1S/C24H24N4O5/c1-27(12-11-21(29)30)23(31)19-13-28(2)26-22(19)25-24(32)33-14-20-17-9-5-3-7-15(17)16-8-4-6-10-18(16)20/h3-10,13,20H,11-12,14H2,1-2H3,(H,29,30)(H,25,26,32). The van der Waals surface area contributed by atoms with Crippen LogP contribution >= 0.6 is 0 Å². The molecule has 1 heterocycles. The molecule has 2 N–H and O–H groups in total.